The Morgan fingerprint density at radius 1 is 1.11 bits per heavy atom. The second-order valence-corrected chi connectivity index (χ2v) is 10.0. The van der Waals surface area contributed by atoms with E-state index in [0.29, 0.717) is 31.5 Å². The fraction of sp³-hybridized carbons (Fsp3) is 0.333. The second-order valence-electron chi connectivity index (χ2n) is 9.61. The molecule has 1 aromatic carbocycles. The number of piperidine rings is 1. The number of hydrogen-bond acceptors (Lipinski definition) is 5. The summed E-state index contributed by atoms with van der Waals surface area (Å²) < 4.78 is 21.7. The van der Waals surface area contributed by atoms with Crippen LogP contribution in [-0.2, 0) is 4.74 Å². The van der Waals surface area contributed by atoms with Crippen LogP contribution in [0.3, 0.4) is 0 Å². The van der Waals surface area contributed by atoms with Gasteiger partial charge in [0, 0.05) is 30.4 Å². The van der Waals surface area contributed by atoms with Crippen molar-refractivity contribution in [1.82, 2.24) is 19.7 Å². The zero-order valence-electron chi connectivity index (χ0n) is 20.8. The fourth-order valence-electron chi connectivity index (χ4n) is 3.88. The minimum Gasteiger partial charge on any atom is -0.444 e. The number of halogens is 2. The normalized spacial score (nSPS) is 14.0. The second kappa shape index (κ2) is 11.0. The maximum atomic E-state index is 14.7. The molecule has 0 bridgehead atoms. The molecule has 3 heterocycles. The van der Waals surface area contributed by atoms with Crippen molar-refractivity contribution in [2.75, 3.05) is 18.4 Å². The lowest BCUT2D eigenvalue weighted by Gasteiger charge is -2.33. The molecule has 4 rings (SSSR count). The molecule has 192 valence electrons. The molecule has 0 radical (unpaired) electrons. The zero-order valence-corrected chi connectivity index (χ0v) is 21.6. The van der Waals surface area contributed by atoms with Gasteiger partial charge in [0.1, 0.15) is 11.3 Å². The molecule has 0 spiro atoms. The molecule has 0 saturated carbocycles. The first-order valence-corrected chi connectivity index (χ1v) is 12.2. The van der Waals surface area contributed by atoms with Gasteiger partial charge in [-0.2, -0.15) is 5.10 Å². The number of nitrogens with zero attached hydrogens (tertiary/aromatic N) is 4. The summed E-state index contributed by atoms with van der Waals surface area (Å²) in [6.45, 7) is 6.34. The van der Waals surface area contributed by atoms with E-state index in [2.05, 4.69) is 27.2 Å². The van der Waals surface area contributed by atoms with Crippen molar-refractivity contribution < 1.29 is 18.7 Å². The van der Waals surface area contributed by atoms with E-state index < -0.39 is 17.3 Å². The topological polar surface area (TPSA) is 89.4 Å². The fourth-order valence-corrected chi connectivity index (χ4v) is 4.10. The molecule has 37 heavy (non-hydrogen) atoms. The molecular weight excluding hydrogens is 497 g/mol. The van der Waals surface area contributed by atoms with E-state index >= 15 is 0 Å². The summed E-state index contributed by atoms with van der Waals surface area (Å²) >= 11 is 6.28. The van der Waals surface area contributed by atoms with Crippen LogP contribution in [0, 0.1) is 17.7 Å². The van der Waals surface area contributed by atoms with E-state index in [4.69, 9.17) is 16.3 Å². The van der Waals surface area contributed by atoms with E-state index in [-0.39, 0.29) is 28.7 Å². The first-order chi connectivity index (χ1) is 17.6. The molecule has 10 heteroatoms. The SMILES string of the molecule is CC(C)(C)OC(=O)N1CCC(n2ncc(Cl)c2C(=O)Nc2ncc(C#Cc3ccccc3)cc2F)CC1. The third-order valence-corrected chi connectivity index (χ3v) is 5.90. The Balaban J connectivity index is 1.43. The van der Waals surface area contributed by atoms with Gasteiger partial charge in [-0.3, -0.25) is 9.48 Å². The van der Waals surface area contributed by atoms with Crippen LogP contribution < -0.4 is 5.32 Å². The van der Waals surface area contributed by atoms with Crippen molar-refractivity contribution in [3.8, 4) is 11.8 Å². The van der Waals surface area contributed by atoms with E-state index in [0.717, 1.165) is 5.56 Å². The van der Waals surface area contributed by atoms with E-state index in [1.165, 1.54) is 23.1 Å². The third-order valence-electron chi connectivity index (χ3n) is 5.63. The Hall–Kier alpha value is -3.90. The average Bonchev–Trinajstić information content (AvgIpc) is 3.25. The molecule has 0 atom stereocenters. The maximum Gasteiger partial charge on any atom is 0.410 e. The van der Waals surface area contributed by atoms with Crippen molar-refractivity contribution in [3.05, 3.63) is 76.5 Å². The largest absolute Gasteiger partial charge is 0.444 e. The number of amides is 2. The van der Waals surface area contributed by atoms with Gasteiger partial charge in [0.05, 0.1) is 17.3 Å². The maximum absolute atomic E-state index is 14.7. The highest BCUT2D eigenvalue weighted by Crippen LogP contribution is 2.28. The molecule has 1 aliphatic heterocycles. The Labute approximate surface area is 219 Å². The minimum atomic E-state index is -0.721. The lowest BCUT2D eigenvalue weighted by Crippen LogP contribution is -2.42. The Bertz CT molecular complexity index is 1350. The monoisotopic (exact) mass is 523 g/mol. The number of aromatic nitrogens is 3. The van der Waals surface area contributed by atoms with Crippen LogP contribution in [0.2, 0.25) is 5.02 Å². The van der Waals surface area contributed by atoms with Crippen LogP contribution in [0.1, 0.15) is 61.3 Å². The highest BCUT2D eigenvalue weighted by Gasteiger charge is 2.30. The van der Waals surface area contributed by atoms with Crippen molar-refractivity contribution in [2.45, 2.75) is 45.3 Å². The molecule has 2 amide bonds. The standard InChI is InChI=1S/C27H27ClFN5O3/c1-27(2,3)37-26(36)33-13-11-20(12-14-33)34-23(21(28)17-31-34)25(35)32-24-22(29)15-19(16-30-24)10-9-18-7-5-4-6-8-18/h4-8,15-17,20H,11-14H2,1-3H3,(H,30,32,35). The molecule has 1 aliphatic rings. The number of pyridine rings is 1. The third kappa shape index (κ3) is 6.66. The number of likely N-dealkylation sites (tertiary alicyclic amines) is 1. The first kappa shape index (κ1) is 26.2. The molecular formula is C27H27ClFN5O3. The van der Waals surface area contributed by atoms with Gasteiger partial charge in [-0.05, 0) is 51.8 Å². The van der Waals surface area contributed by atoms with Crippen LogP contribution in [0.25, 0.3) is 0 Å². The van der Waals surface area contributed by atoms with Gasteiger partial charge in [-0.25, -0.2) is 14.2 Å². The van der Waals surface area contributed by atoms with Crippen molar-refractivity contribution in [1.29, 1.82) is 0 Å². The number of benzene rings is 1. The molecule has 2 aromatic heterocycles. The molecule has 0 aliphatic carbocycles. The minimum absolute atomic E-state index is 0.103. The van der Waals surface area contributed by atoms with E-state index in [9.17, 15) is 14.0 Å². The summed E-state index contributed by atoms with van der Waals surface area (Å²) in [6.07, 6.45) is 3.50. The summed E-state index contributed by atoms with van der Waals surface area (Å²) in [4.78, 5) is 31.1. The van der Waals surface area contributed by atoms with Gasteiger partial charge < -0.3 is 15.0 Å². The van der Waals surface area contributed by atoms with Crippen molar-refractivity contribution in [3.63, 3.8) is 0 Å². The van der Waals surface area contributed by atoms with Gasteiger partial charge in [0.25, 0.3) is 5.91 Å². The van der Waals surface area contributed by atoms with Crippen molar-refractivity contribution in [2.24, 2.45) is 0 Å². The number of ether oxygens (including phenoxy) is 1. The number of rotatable bonds is 3. The summed E-state index contributed by atoms with van der Waals surface area (Å²) in [7, 11) is 0. The zero-order chi connectivity index (χ0) is 26.6. The number of nitrogens with one attached hydrogen (secondary N) is 1. The predicted molar refractivity (Wildman–Crippen MR) is 138 cm³/mol. The molecule has 1 saturated heterocycles. The molecule has 0 unspecified atom stereocenters. The van der Waals surface area contributed by atoms with Crippen LogP contribution >= 0.6 is 11.6 Å². The molecule has 1 fully saturated rings. The van der Waals surface area contributed by atoms with Gasteiger partial charge >= 0.3 is 6.09 Å². The summed E-state index contributed by atoms with van der Waals surface area (Å²) in [5.41, 5.74) is 0.691. The van der Waals surface area contributed by atoms with Gasteiger partial charge in [-0.1, -0.05) is 41.6 Å². The highest BCUT2D eigenvalue weighted by atomic mass is 35.5. The van der Waals surface area contributed by atoms with E-state index in [1.807, 2.05) is 51.1 Å². The quantitative estimate of drug-likeness (QED) is 0.471. The molecule has 3 aromatic rings. The van der Waals surface area contributed by atoms with Crippen molar-refractivity contribution >= 4 is 29.4 Å². The Kier molecular flexibility index (Phi) is 7.79. The Morgan fingerprint density at radius 3 is 2.43 bits per heavy atom. The van der Waals surface area contributed by atoms with Crippen LogP contribution in [0.15, 0.2) is 48.8 Å². The van der Waals surface area contributed by atoms with Crippen LogP contribution in [-0.4, -0.2) is 50.4 Å². The first-order valence-electron chi connectivity index (χ1n) is 11.9. The Morgan fingerprint density at radius 2 is 1.78 bits per heavy atom. The smallest absolute Gasteiger partial charge is 0.410 e. The molecule has 8 nitrogen and oxygen atoms in total. The lowest BCUT2D eigenvalue weighted by molar-refractivity contribution is 0.0183. The number of anilines is 1. The summed E-state index contributed by atoms with van der Waals surface area (Å²) in [5.74, 6) is 4.20. The average molecular weight is 524 g/mol. The summed E-state index contributed by atoms with van der Waals surface area (Å²) in [6, 6.07) is 10.3. The number of carbonyl (C=O) groups is 2. The van der Waals surface area contributed by atoms with Gasteiger partial charge in [-0.15, -0.1) is 0 Å². The van der Waals surface area contributed by atoms with Gasteiger partial charge in [0.15, 0.2) is 11.6 Å². The number of carbonyl (C=O) groups excluding carboxylic acids is 2. The predicted octanol–water partition coefficient (Wildman–Crippen LogP) is 5.29. The van der Waals surface area contributed by atoms with E-state index in [1.54, 1.807) is 4.90 Å². The lowest BCUT2D eigenvalue weighted by atomic mass is 10.1. The van der Waals surface area contributed by atoms with Crippen LogP contribution in [0.5, 0.6) is 0 Å². The highest BCUT2D eigenvalue weighted by molar-refractivity contribution is 6.34. The van der Waals surface area contributed by atoms with Crippen LogP contribution in [0.4, 0.5) is 15.0 Å². The molecule has 1 N–H and O–H groups in total. The summed E-state index contributed by atoms with van der Waals surface area (Å²) in [5, 5.41) is 6.90. The number of hydrogen-bond donors (Lipinski definition) is 1. The van der Waals surface area contributed by atoms with Gasteiger partial charge in [0.2, 0.25) is 0 Å².